The van der Waals surface area contributed by atoms with E-state index >= 15 is 0 Å². The van der Waals surface area contributed by atoms with Crippen molar-refractivity contribution >= 4 is 40.5 Å². The number of anilines is 2. The van der Waals surface area contributed by atoms with Gasteiger partial charge in [-0.1, -0.05) is 54.1 Å². The molecule has 1 heterocycles. The lowest BCUT2D eigenvalue weighted by Crippen LogP contribution is -2.22. The molecule has 0 fully saturated rings. The van der Waals surface area contributed by atoms with Crippen molar-refractivity contribution in [3.8, 4) is 0 Å². The van der Waals surface area contributed by atoms with Gasteiger partial charge in [0.25, 0.3) is 5.91 Å². The van der Waals surface area contributed by atoms with Gasteiger partial charge in [-0.25, -0.2) is 4.98 Å². The third-order valence-electron chi connectivity index (χ3n) is 5.09. The highest BCUT2D eigenvalue weighted by Gasteiger charge is 2.12. The summed E-state index contributed by atoms with van der Waals surface area (Å²) >= 11 is 5.93. The summed E-state index contributed by atoms with van der Waals surface area (Å²) in [6, 6.07) is 25.8. The maximum Gasteiger partial charge on any atom is 0.251 e. The number of carbonyl (C=O) groups is 1. The fourth-order valence-electron chi connectivity index (χ4n) is 3.42. The Bertz CT molecular complexity index is 1320. The number of nitrogens with one attached hydrogen (secondary N) is 1. The zero-order valence-corrected chi connectivity index (χ0v) is 19.0. The van der Waals surface area contributed by atoms with E-state index in [1.54, 1.807) is 36.4 Å². The fourth-order valence-corrected chi connectivity index (χ4v) is 3.55. The van der Waals surface area contributed by atoms with Crippen LogP contribution >= 0.6 is 11.6 Å². The molecule has 1 amide bonds. The highest BCUT2D eigenvalue weighted by Crippen LogP contribution is 2.31. The number of nitrogens with zero attached hydrogens (tertiary/aromatic N) is 3. The Labute approximate surface area is 202 Å². The second kappa shape index (κ2) is 10.6. The van der Waals surface area contributed by atoms with E-state index in [9.17, 15) is 4.79 Å². The summed E-state index contributed by atoms with van der Waals surface area (Å²) in [5.74, 6) is 0.321. The van der Waals surface area contributed by atoms with Crippen molar-refractivity contribution in [2.75, 3.05) is 11.5 Å². The number of halogens is 1. The van der Waals surface area contributed by atoms with Crippen LogP contribution in [0.2, 0.25) is 5.02 Å². The van der Waals surface area contributed by atoms with Crippen LogP contribution in [0.25, 0.3) is 0 Å². The van der Waals surface area contributed by atoms with Gasteiger partial charge in [0.1, 0.15) is 11.5 Å². The van der Waals surface area contributed by atoms with E-state index in [-0.39, 0.29) is 17.5 Å². The predicted octanol–water partition coefficient (Wildman–Crippen LogP) is 5.84. The largest absolute Gasteiger partial charge is 0.384 e. The minimum Gasteiger partial charge on any atom is -0.384 e. The molecule has 0 aliphatic rings. The molecule has 5 N–H and O–H groups in total. The van der Waals surface area contributed by atoms with Gasteiger partial charge in [0, 0.05) is 17.1 Å². The Kier molecular flexibility index (Phi) is 7.15. The maximum atomic E-state index is 12.7. The van der Waals surface area contributed by atoms with Crippen LogP contribution in [-0.4, -0.2) is 10.9 Å². The Morgan fingerprint density at radius 2 is 1.62 bits per heavy atom. The predicted molar refractivity (Wildman–Crippen MR) is 136 cm³/mol. The first kappa shape index (κ1) is 22.9. The molecule has 0 saturated carbocycles. The highest BCUT2D eigenvalue weighted by molar-refractivity contribution is 6.30. The molecule has 1 aromatic heterocycles. The molecule has 0 radical (unpaired) electrons. The van der Waals surface area contributed by atoms with E-state index in [4.69, 9.17) is 23.1 Å². The molecule has 0 aliphatic heterocycles. The van der Waals surface area contributed by atoms with Gasteiger partial charge >= 0.3 is 0 Å². The van der Waals surface area contributed by atoms with Gasteiger partial charge < -0.3 is 16.8 Å². The smallest absolute Gasteiger partial charge is 0.251 e. The molecule has 4 rings (SSSR count). The molecule has 0 spiro atoms. The second-order valence-corrected chi connectivity index (χ2v) is 8.10. The van der Waals surface area contributed by atoms with Crippen molar-refractivity contribution in [3.63, 3.8) is 0 Å². The van der Waals surface area contributed by atoms with Crippen LogP contribution in [0.4, 0.5) is 23.0 Å². The molecule has 0 unspecified atom stereocenters. The normalized spacial score (nSPS) is 11.0. The number of aromatic nitrogens is 1. The van der Waals surface area contributed by atoms with Crippen molar-refractivity contribution in [1.82, 2.24) is 10.3 Å². The maximum absolute atomic E-state index is 12.7. The molecule has 34 heavy (non-hydrogen) atoms. The Balaban J connectivity index is 1.54. The quantitative estimate of drug-likeness (QED) is 0.294. The highest BCUT2D eigenvalue weighted by atomic mass is 35.5. The van der Waals surface area contributed by atoms with Crippen LogP contribution < -0.4 is 16.8 Å². The van der Waals surface area contributed by atoms with Gasteiger partial charge in [0.15, 0.2) is 5.82 Å². The lowest BCUT2D eigenvalue weighted by atomic mass is 10.0. The number of benzene rings is 3. The summed E-state index contributed by atoms with van der Waals surface area (Å²) in [6.07, 6.45) is 0.450. The minimum absolute atomic E-state index is 0.151. The van der Waals surface area contributed by atoms with E-state index in [2.05, 4.69) is 20.5 Å². The average Bonchev–Trinajstić information content (AvgIpc) is 2.84. The zero-order chi connectivity index (χ0) is 23.9. The number of hydrogen-bond acceptors (Lipinski definition) is 6. The lowest BCUT2D eigenvalue weighted by molar-refractivity contribution is 0.0951. The van der Waals surface area contributed by atoms with Crippen molar-refractivity contribution in [3.05, 3.63) is 112 Å². The van der Waals surface area contributed by atoms with E-state index in [1.165, 1.54) is 0 Å². The standard InChI is InChI=1S/C26H23ClN6O/c27-21-9-11-22(12-10-21)32-33-24-20(15-23(28)31-25(24)29)14-18-7-4-8-19(13-18)26(34)30-16-17-5-2-1-3-6-17/h1-13,15H,14,16H2,(H,30,34)(H4,28,29,31). The summed E-state index contributed by atoms with van der Waals surface area (Å²) in [4.78, 5) is 16.8. The molecule has 170 valence electrons. The molecule has 8 heteroatoms. The van der Waals surface area contributed by atoms with Crippen LogP contribution in [0.3, 0.4) is 0 Å². The van der Waals surface area contributed by atoms with Crippen molar-refractivity contribution in [1.29, 1.82) is 0 Å². The summed E-state index contributed by atoms with van der Waals surface area (Å²) < 4.78 is 0. The van der Waals surface area contributed by atoms with E-state index in [1.807, 2.05) is 48.5 Å². The summed E-state index contributed by atoms with van der Waals surface area (Å²) in [7, 11) is 0. The number of nitrogens with two attached hydrogens (primary N) is 2. The molecule has 4 aromatic rings. The van der Waals surface area contributed by atoms with Crippen molar-refractivity contribution in [2.45, 2.75) is 13.0 Å². The first-order valence-electron chi connectivity index (χ1n) is 10.6. The monoisotopic (exact) mass is 470 g/mol. The van der Waals surface area contributed by atoms with Crippen LogP contribution in [0.5, 0.6) is 0 Å². The van der Waals surface area contributed by atoms with Gasteiger partial charge in [0.2, 0.25) is 0 Å². The molecule has 0 atom stereocenters. The van der Waals surface area contributed by atoms with Crippen LogP contribution in [0.1, 0.15) is 27.0 Å². The third kappa shape index (κ3) is 5.96. The Morgan fingerprint density at radius 3 is 2.38 bits per heavy atom. The molecule has 0 aliphatic carbocycles. The summed E-state index contributed by atoms with van der Waals surface area (Å²) in [6.45, 7) is 0.455. The number of amides is 1. The number of carbonyl (C=O) groups excluding carboxylic acids is 1. The lowest BCUT2D eigenvalue weighted by Gasteiger charge is -2.10. The van der Waals surface area contributed by atoms with E-state index < -0.39 is 0 Å². The van der Waals surface area contributed by atoms with Gasteiger partial charge in [-0.2, -0.15) is 5.11 Å². The van der Waals surface area contributed by atoms with Gasteiger partial charge in [0.05, 0.1) is 5.69 Å². The second-order valence-electron chi connectivity index (χ2n) is 7.66. The van der Waals surface area contributed by atoms with Crippen LogP contribution in [0.15, 0.2) is 95.2 Å². The molecule has 0 bridgehead atoms. The average molecular weight is 471 g/mol. The topological polar surface area (TPSA) is 119 Å². The molecule has 0 saturated heterocycles. The molecular formula is C26H23ClN6O. The van der Waals surface area contributed by atoms with E-state index in [0.29, 0.717) is 34.9 Å². The van der Waals surface area contributed by atoms with Gasteiger partial charge in [-0.3, -0.25) is 4.79 Å². The van der Waals surface area contributed by atoms with E-state index in [0.717, 1.165) is 16.7 Å². The minimum atomic E-state index is -0.151. The first-order valence-corrected chi connectivity index (χ1v) is 11.0. The fraction of sp³-hybridized carbons (Fsp3) is 0.0769. The van der Waals surface area contributed by atoms with Crippen molar-refractivity contribution < 1.29 is 4.79 Å². The summed E-state index contributed by atoms with van der Waals surface area (Å²) in [5.41, 5.74) is 16.4. The first-order chi connectivity index (χ1) is 16.5. The van der Waals surface area contributed by atoms with Crippen molar-refractivity contribution in [2.24, 2.45) is 10.2 Å². The Morgan fingerprint density at radius 1 is 0.882 bits per heavy atom. The Hall–Kier alpha value is -4.23. The molecular weight excluding hydrogens is 448 g/mol. The van der Waals surface area contributed by atoms with Gasteiger partial charge in [-0.15, -0.1) is 5.11 Å². The van der Waals surface area contributed by atoms with Gasteiger partial charge in [-0.05, 0) is 65.6 Å². The number of hydrogen-bond donors (Lipinski definition) is 3. The number of rotatable bonds is 7. The summed E-state index contributed by atoms with van der Waals surface area (Å²) in [5, 5.41) is 12.1. The number of nitrogen functional groups attached to an aromatic ring is 2. The number of pyridine rings is 1. The van der Waals surface area contributed by atoms with Crippen LogP contribution in [0, 0.1) is 0 Å². The number of azo groups is 1. The molecule has 7 nitrogen and oxygen atoms in total. The third-order valence-corrected chi connectivity index (χ3v) is 5.34. The SMILES string of the molecule is Nc1cc(Cc2cccc(C(=O)NCc3ccccc3)c2)c(N=Nc2ccc(Cl)cc2)c(N)n1. The zero-order valence-electron chi connectivity index (χ0n) is 18.3. The molecule has 3 aromatic carbocycles. The van der Waals surface area contributed by atoms with Crippen LogP contribution in [-0.2, 0) is 13.0 Å².